The maximum Gasteiger partial charge on any atom is 0.322 e. The van der Waals surface area contributed by atoms with Crippen LogP contribution in [0.4, 0.5) is 4.79 Å². The van der Waals surface area contributed by atoms with Crippen LogP contribution in [-0.2, 0) is 9.59 Å². The molecule has 7 nitrogen and oxygen atoms in total. The smallest absolute Gasteiger partial charge is 0.322 e. The van der Waals surface area contributed by atoms with Crippen molar-refractivity contribution in [3.63, 3.8) is 0 Å². The van der Waals surface area contributed by atoms with Gasteiger partial charge in [0.15, 0.2) is 0 Å². The highest BCUT2D eigenvalue weighted by Crippen LogP contribution is 2.06. The zero-order valence-corrected chi connectivity index (χ0v) is 7.91. The van der Waals surface area contributed by atoms with E-state index in [0.717, 1.165) is 11.8 Å². The Labute approximate surface area is 83.6 Å². The highest BCUT2D eigenvalue weighted by molar-refractivity contribution is 8.14. The lowest BCUT2D eigenvalue weighted by Crippen LogP contribution is -2.33. The average Bonchev–Trinajstić information content (AvgIpc) is 2.49. The molecule has 0 bridgehead atoms. The first-order chi connectivity index (χ1) is 6.47. The normalized spacial score (nSPS) is 16.7. The Bertz CT molecular complexity index is 230. The number of aliphatic hydroxyl groups is 1. The number of nitrogens with one attached hydrogen (secondary N) is 1. The van der Waals surface area contributed by atoms with Gasteiger partial charge in [-0.2, -0.15) is 0 Å². The van der Waals surface area contributed by atoms with E-state index >= 15 is 0 Å². The number of thioether (sulfide) groups is 1. The molecule has 8 heteroatoms. The number of imide groups is 1. The number of nitrogens with two attached hydrogens (primary N) is 1. The lowest BCUT2D eigenvalue weighted by atomic mass is 10.3. The topological polar surface area (TPSA) is 130 Å². The zero-order chi connectivity index (χ0) is 11.1. The summed E-state index contributed by atoms with van der Waals surface area (Å²) in [6.45, 7) is -0.505. The van der Waals surface area contributed by atoms with Gasteiger partial charge in [-0.15, -0.1) is 0 Å². The van der Waals surface area contributed by atoms with Crippen molar-refractivity contribution in [3.05, 3.63) is 0 Å². The maximum atomic E-state index is 10.1. The third-order valence-corrected chi connectivity index (χ3v) is 1.86. The Balaban J connectivity index is 0.000000241. The zero-order valence-electron chi connectivity index (χ0n) is 7.10. The molecule has 5 N–H and O–H groups in total. The molecule has 0 spiro atoms. The minimum absolute atomic E-state index is 0.185. The van der Waals surface area contributed by atoms with Crippen LogP contribution in [0.5, 0.6) is 0 Å². The Hall–Kier alpha value is -1.12. The average molecular weight is 222 g/mol. The van der Waals surface area contributed by atoms with E-state index in [2.05, 4.69) is 5.32 Å². The second kappa shape index (κ2) is 6.35. The number of aliphatic hydroxyl groups excluding tert-OH is 1. The van der Waals surface area contributed by atoms with Gasteiger partial charge in [0.25, 0.3) is 5.24 Å². The van der Waals surface area contributed by atoms with Crippen molar-refractivity contribution in [2.24, 2.45) is 5.73 Å². The van der Waals surface area contributed by atoms with Gasteiger partial charge in [-0.25, -0.2) is 0 Å². The van der Waals surface area contributed by atoms with Crippen LogP contribution in [0.3, 0.4) is 0 Å². The van der Waals surface area contributed by atoms with Crippen molar-refractivity contribution in [1.29, 1.82) is 0 Å². The van der Waals surface area contributed by atoms with Crippen LogP contribution in [0.1, 0.15) is 0 Å². The summed E-state index contributed by atoms with van der Waals surface area (Å²) in [4.78, 5) is 29.8. The predicted molar refractivity (Wildman–Crippen MR) is 48.7 cm³/mol. The van der Waals surface area contributed by atoms with Gasteiger partial charge in [0, 0.05) is 0 Å². The van der Waals surface area contributed by atoms with E-state index in [1.807, 2.05) is 0 Å². The molecular weight excluding hydrogens is 212 g/mol. The molecule has 0 aromatic rings. The monoisotopic (exact) mass is 222 g/mol. The minimum Gasteiger partial charge on any atom is -0.480 e. The Morgan fingerprint density at radius 1 is 1.64 bits per heavy atom. The van der Waals surface area contributed by atoms with Crippen LogP contribution in [0.25, 0.3) is 0 Å². The van der Waals surface area contributed by atoms with Gasteiger partial charge in [0.1, 0.15) is 6.04 Å². The van der Waals surface area contributed by atoms with E-state index in [1.165, 1.54) is 0 Å². The highest BCUT2D eigenvalue weighted by atomic mass is 32.2. The third-order valence-electron chi connectivity index (χ3n) is 1.09. The minimum atomic E-state index is -1.18. The van der Waals surface area contributed by atoms with Crippen LogP contribution in [0.2, 0.25) is 0 Å². The largest absolute Gasteiger partial charge is 0.480 e. The van der Waals surface area contributed by atoms with Crippen LogP contribution in [-0.4, -0.2) is 45.7 Å². The molecule has 0 radical (unpaired) electrons. The highest BCUT2D eigenvalue weighted by Gasteiger charge is 2.16. The maximum absolute atomic E-state index is 10.1. The van der Waals surface area contributed by atoms with Gasteiger partial charge < -0.3 is 15.9 Å². The van der Waals surface area contributed by atoms with Crippen molar-refractivity contribution in [2.75, 3.05) is 12.4 Å². The van der Waals surface area contributed by atoms with Gasteiger partial charge in [0.2, 0.25) is 5.91 Å². The molecule has 0 unspecified atom stereocenters. The number of carbonyl (C=O) groups is 3. The van der Waals surface area contributed by atoms with E-state index in [1.54, 1.807) is 0 Å². The number of carbonyl (C=O) groups excluding carboxylic acids is 2. The fourth-order valence-electron chi connectivity index (χ4n) is 0.395. The van der Waals surface area contributed by atoms with Crippen LogP contribution in [0, 0.1) is 0 Å². The van der Waals surface area contributed by atoms with Crippen LogP contribution >= 0.6 is 11.8 Å². The summed E-state index contributed by atoms with van der Waals surface area (Å²) >= 11 is 1.01. The van der Waals surface area contributed by atoms with Crippen molar-refractivity contribution in [3.8, 4) is 0 Å². The summed E-state index contributed by atoms with van der Waals surface area (Å²) in [7, 11) is 0. The Morgan fingerprint density at radius 2 is 2.21 bits per heavy atom. The Morgan fingerprint density at radius 3 is 2.29 bits per heavy atom. The van der Waals surface area contributed by atoms with E-state index < -0.39 is 18.6 Å². The summed E-state index contributed by atoms with van der Waals surface area (Å²) in [6, 6.07) is -1.13. The molecule has 1 rings (SSSR count). The molecule has 1 atom stereocenters. The first kappa shape index (κ1) is 12.9. The van der Waals surface area contributed by atoms with Crippen molar-refractivity contribution < 1.29 is 24.6 Å². The van der Waals surface area contributed by atoms with Gasteiger partial charge in [-0.1, -0.05) is 11.8 Å². The quantitative estimate of drug-likeness (QED) is 0.441. The number of hydrogen-bond acceptors (Lipinski definition) is 6. The summed E-state index contributed by atoms with van der Waals surface area (Å²) < 4.78 is 0. The molecule has 80 valence electrons. The lowest BCUT2D eigenvalue weighted by molar-refractivity contribution is -0.139. The molecule has 0 aromatic carbocycles. The van der Waals surface area contributed by atoms with E-state index in [4.69, 9.17) is 15.9 Å². The van der Waals surface area contributed by atoms with Gasteiger partial charge >= 0.3 is 5.97 Å². The van der Waals surface area contributed by atoms with Gasteiger partial charge in [0.05, 0.1) is 12.4 Å². The number of aliphatic carboxylic acids is 1. The number of rotatable bonds is 2. The molecule has 0 saturated carbocycles. The molecule has 2 amide bonds. The number of carboxylic acids is 1. The molecule has 1 fully saturated rings. The van der Waals surface area contributed by atoms with Crippen molar-refractivity contribution >= 4 is 28.9 Å². The standard InChI is InChI=1S/C3H7NO3.C3H3NO2S/c4-2(1-5)3(6)7;5-2-1-7-3(6)4-2/h2,5H,1,4H2,(H,6,7);1H2,(H,4,5,6)/t2-;/m0./s1. The lowest BCUT2D eigenvalue weighted by Gasteiger charge is -1.96. The molecule has 1 aliphatic heterocycles. The fourth-order valence-corrected chi connectivity index (χ4v) is 0.916. The summed E-state index contributed by atoms with van der Waals surface area (Å²) in [5, 5.41) is 17.8. The molecule has 14 heavy (non-hydrogen) atoms. The van der Waals surface area contributed by atoms with Gasteiger partial charge in [-0.3, -0.25) is 19.7 Å². The second-order valence-electron chi connectivity index (χ2n) is 2.25. The summed E-state index contributed by atoms with van der Waals surface area (Å²) in [6.07, 6.45) is 0. The first-order valence-corrected chi connectivity index (χ1v) is 4.51. The third kappa shape index (κ3) is 5.51. The van der Waals surface area contributed by atoms with E-state index in [9.17, 15) is 14.4 Å². The Kier molecular flexibility index (Phi) is 5.84. The SMILES string of the molecule is N[C@@H](CO)C(=O)O.O=C1CSC(=O)N1. The number of amides is 2. The molecule has 0 aromatic heterocycles. The molecule has 1 heterocycles. The second-order valence-corrected chi connectivity index (χ2v) is 3.20. The first-order valence-electron chi connectivity index (χ1n) is 3.53. The fraction of sp³-hybridized carbons (Fsp3) is 0.500. The molecule has 1 aliphatic rings. The summed E-state index contributed by atoms with van der Waals surface area (Å²) in [5.74, 6) is -1.07. The van der Waals surface area contributed by atoms with Crippen molar-refractivity contribution in [2.45, 2.75) is 6.04 Å². The number of carboxylic acid groups (broad SMARTS) is 1. The summed E-state index contributed by atoms with van der Waals surface area (Å²) in [5.41, 5.74) is 4.77. The molecule has 1 saturated heterocycles. The predicted octanol–water partition coefficient (Wildman–Crippen LogP) is -1.64. The van der Waals surface area contributed by atoms with Crippen molar-refractivity contribution in [1.82, 2.24) is 5.32 Å². The molecular formula is C6H10N2O5S. The van der Waals surface area contributed by atoms with E-state index in [0.29, 0.717) is 5.75 Å². The number of hydrogen-bond donors (Lipinski definition) is 4. The molecule has 0 aliphatic carbocycles. The van der Waals surface area contributed by atoms with E-state index in [-0.39, 0.29) is 11.1 Å². The van der Waals surface area contributed by atoms with Crippen LogP contribution < -0.4 is 11.1 Å². The van der Waals surface area contributed by atoms with Crippen LogP contribution in [0.15, 0.2) is 0 Å². The van der Waals surface area contributed by atoms with Gasteiger partial charge in [-0.05, 0) is 0 Å².